The Morgan fingerprint density at radius 1 is 1.15 bits per heavy atom. The van der Waals surface area contributed by atoms with Gasteiger partial charge >= 0.3 is 0 Å². The van der Waals surface area contributed by atoms with Crippen molar-refractivity contribution in [3.63, 3.8) is 0 Å². The second-order valence-electron chi connectivity index (χ2n) is 4.90. The first-order valence-electron chi connectivity index (χ1n) is 6.56. The molecule has 2 nitrogen and oxygen atoms in total. The van der Waals surface area contributed by atoms with Crippen molar-refractivity contribution in [1.82, 2.24) is 0 Å². The largest absolute Gasteiger partial charge is 0.457 e. The van der Waals surface area contributed by atoms with Crippen LogP contribution in [0.25, 0.3) is 0 Å². The number of para-hydroxylation sites is 1. The molecule has 1 heterocycles. The summed E-state index contributed by atoms with van der Waals surface area (Å²) >= 11 is 3.45. The summed E-state index contributed by atoms with van der Waals surface area (Å²) in [7, 11) is 0. The fourth-order valence-corrected chi connectivity index (χ4v) is 3.04. The molecule has 3 heteroatoms. The van der Waals surface area contributed by atoms with Crippen LogP contribution < -0.4 is 4.74 Å². The first-order valence-corrected chi connectivity index (χ1v) is 7.35. The SMILES string of the molecule is C=CC[C@@H]1c2ccccc2Oc2ccc(Br)cc2[C@H]1O. The van der Waals surface area contributed by atoms with Crippen LogP contribution in [-0.4, -0.2) is 5.11 Å². The molecule has 0 bridgehead atoms. The molecule has 1 aliphatic rings. The summed E-state index contributed by atoms with van der Waals surface area (Å²) < 4.78 is 6.92. The molecule has 2 atom stereocenters. The molecule has 0 spiro atoms. The van der Waals surface area contributed by atoms with E-state index >= 15 is 0 Å². The van der Waals surface area contributed by atoms with Gasteiger partial charge in [-0.1, -0.05) is 40.2 Å². The van der Waals surface area contributed by atoms with Crippen LogP contribution in [0, 0.1) is 0 Å². The van der Waals surface area contributed by atoms with Crippen molar-refractivity contribution in [3.05, 3.63) is 70.7 Å². The highest BCUT2D eigenvalue weighted by Gasteiger charge is 2.30. The Bertz CT molecular complexity index is 651. The number of aliphatic hydroxyl groups is 1. The van der Waals surface area contributed by atoms with Crippen LogP contribution in [0.1, 0.15) is 29.6 Å². The molecular formula is C17H15BrO2. The van der Waals surface area contributed by atoms with Crippen LogP contribution in [0.5, 0.6) is 11.5 Å². The number of ether oxygens (including phenoxy) is 1. The monoisotopic (exact) mass is 330 g/mol. The van der Waals surface area contributed by atoms with Crippen molar-refractivity contribution in [3.8, 4) is 11.5 Å². The number of fused-ring (bicyclic) bond motifs is 2. The second-order valence-corrected chi connectivity index (χ2v) is 5.81. The summed E-state index contributed by atoms with van der Waals surface area (Å²) in [5.74, 6) is 1.47. The third-order valence-electron chi connectivity index (χ3n) is 3.63. The standard InChI is InChI=1S/C17H15BrO2/c1-2-5-13-12-6-3-4-7-15(12)20-16-9-8-11(18)10-14(16)17(13)19/h2-4,6-10,13,17,19H,1,5H2/t13-,17+/m1/s1. The highest BCUT2D eigenvalue weighted by Crippen LogP contribution is 2.47. The Balaban J connectivity index is 2.19. The lowest BCUT2D eigenvalue weighted by atomic mass is 9.87. The van der Waals surface area contributed by atoms with E-state index in [4.69, 9.17) is 4.74 Å². The second kappa shape index (κ2) is 5.43. The minimum atomic E-state index is -0.607. The number of hydrogen-bond donors (Lipinski definition) is 1. The number of benzene rings is 2. The summed E-state index contributed by atoms with van der Waals surface area (Å²) in [6.07, 6.45) is 1.94. The maximum atomic E-state index is 10.8. The molecule has 20 heavy (non-hydrogen) atoms. The van der Waals surface area contributed by atoms with E-state index in [1.165, 1.54) is 0 Å². The van der Waals surface area contributed by atoms with Crippen molar-refractivity contribution < 1.29 is 9.84 Å². The summed E-state index contributed by atoms with van der Waals surface area (Å²) in [5, 5.41) is 10.8. The van der Waals surface area contributed by atoms with Gasteiger partial charge in [-0.15, -0.1) is 6.58 Å². The van der Waals surface area contributed by atoms with E-state index in [1.807, 2.05) is 48.5 Å². The highest BCUT2D eigenvalue weighted by molar-refractivity contribution is 9.10. The van der Waals surface area contributed by atoms with E-state index in [0.29, 0.717) is 12.2 Å². The molecule has 3 rings (SSSR count). The molecule has 1 N–H and O–H groups in total. The summed E-state index contributed by atoms with van der Waals surface area (Å²) in [5.41, 5.74) is 1.83. The van der Waals surface area contributed by atoms with Gasteiger partial charge in [-0.3, -0.25) is 0 Å². The van der Waals surface area contributed by atoms with Gasteiger partial charge in [0.2, 0.25) is 0 Å². The van der Waals surface area contributed by atoms with Crippen molar-refractivity contribution in [2.24, 2.45) is 0 Å². The zero-order valence-electron chi connectivity index (χ0n) is 10.9. The predicted octanol–water partition coefficient (Wildman–Crippen LogP) is 4.95. The molecule has 0 aromatic heterocycles. The average Bonchev–Trinajstić information content (AvgIpc) is 2.57. The Morgan fingerprint density at radius 2 is 1.90 bits per heavy atom. The van der Waals surface area contributed by atoms with Crippen LogP contribution >= 0.6 is 15.9 Å². The molecule has 0 fully saturated rings. The summed E-state index contributed by atoms with van der Waals surface area (Å²) in [6.45, 7) is 3.81. The number of allylic oxidation sites excluding steroid dienone is 1. The average molecular weight is 331 g/mol. The lowest BCUT2D eigenvalue weighted by Gasteiger charge is -2.20. The van der Waals surface area contributed by atoms with Crippen LogP contribution in [0.4, 0.5) is 0 Å². The first kappa shape index (κ1) is 13.4. The number of rotatable bonds is 2. The topological polar surface area (TPSA) is 29.5 Å². The molecule has 0 radical (unpaired) electrons. The maximum absolute atomic E-state index is 10.8. The van der Waals surface area contributed by atoms with Crippen molar-refractivity contribution in [2.75, 3.05) is 0 Å². The molecular weight excluding hydrogens is 316 g/mol. The predicted molar refractivity (Wildman–Crippen MR) is 83.2 cm³/mol. The Morgan fingerprint density at radius 3 is 2.70 bits per heavy atom. The zero-order valence-corrected chi connectivity index (χ0v) is 12.5. The Kier molecular flexibility index (Phi) is 3.64. The third-order valence-corrected chi connectivity index (χ3v) is 4.12. The zero-order chi connectivity index (χ0) is 14.1. The smallest absolute Gasteiger partial charge is 0.133 e. The van der Waals surface area contributed by atoms with Gasteiger partial charge in [-0.25, -0.2) is 0 Å². The lowest BCUT2D eigenvalue weighted by Crippen LogP contribution is -2.09. The first-order chi connectivity index (χ1) is 9.70. The van der Waals surface area contributed by atoms with Crippen LogP contribution in [0.2, 0.25) is 0 Å². The molecule has 2 aromatic rings. The van der Waals surface area contributed by atoms with Crippen LogP contribution in [0.3, 0.4) is 0 Å². The number of hydrogen-bond acceptors (Lipinski definition) is 2. The molecule has 0 saturated heterocycles. The van der Waals surface area contributed by atoms with E-state index < -0.39 is 6.10 Å². The molecule has 0 aliphatic carbocycles. The fraction of sp³-hybridized carbons (Fsp3) is 0.176. The maximum Gasteiger partial charge on any atom is 0.133 e. The molecule has 2 aromatic carbocycles. The molecule has 0 saturated carbocycles. The van der Waals surface area contributed by atoms with Gasteiger partial charge < -0.3 is 9.84 Å². The normalized spacial score (nSPS) is 20.3. The summed E-state index contributed by atoms with van der Waals surface area (Å²) in [6, 6.07) is 13.6. The highest BCUT2D eigenvalue weighted by atomic mass is 79.9. The molecule has 102 valence electrons. The fourth-order valence-electron chi connectivity index (χ4n) is 2.66. The number of aliphatic hydroxyl groups excluding tert-OH is 1. The van der Waals surface area contributed by atoms with Crippen LogP contribution in [-0.2, 0) is 0 Å². The third kappa shape index (κ3) is 2.28. The van der Waals surface area contributed by atoms with Crippen molar-refractivity contribution in [2.45, 2.75) is 18.4 Å². The van der Waals surface area contributed by atoms with E-state index in [2.05, 4.69) is 22.5 Å². The minimum absolute atomic E-state index is 0.0424. The van der Waals surface area contributed by atoms with Gasteiger partial charge in [0.1, 0.15) is 11.5 Å². The summed E-state index contributed by atoms with van der Waals surface area (Å²) in [4.78, 5) is 0. The van der Waals surface area contributed by atoms with E-state index in [1.54, 1.807) is 0 Å². The Labute approximate surface area is 126 Å². The Hall–Kier alpha value is -1.58. The van der Waals surface area contributed by atoms with Crippen molar-refractivity contribution in [1.29, 1.82) is 0 Å². The van der Waals surface area contributed by atoms with E-state index in [9.17, 15) is 5.11 Å². The van der Waals surface area contributed by atoms with Crippen molar-refractivity contribution >= 4 is 15.9 Å². The van der Waals surface area contributed by atoms with Crippen LogP contribution in [0.15, 0.2) is 59.6 Å². The van der Waals surface area contributed by atoms with Gasteiger partial charge in [0.05, 0.1) is 6.10 Å². The lowest BCUT2D eigenvalue weighted by molar-refractivity contribution is 0.146. The van der Waals surface area contributed by atoms with Gasteiger partial charge in [-0.05, 0) is 30.7 Å². The molecule has 1 aliphatic heterocycles. The molecule has 0 amide bonds. The molecule has 0 unspecified atom stereocenters. The van der Waals surface area contributed by atoms with Gasteiger partial charge in [-0.2, -0.15) is 0 Å². The minimum Gasteiger partial charge on any atom is -0.457 e. The van der Waals surface area contributed by atoms with E-state index in [-0.39, 0.29) is 5.92 Å². The van der Waals surface area contributed by atoms with Gasteiger partial charge in [0.25, 0.3) is 0 Å². The number of halogens is 1. The quantitative estimate of drug-likeness (QED) is 0.789. The van der Waals surface area contributed by atoms with Gasteiger partial charge in [0, 0.05) is 21.5 Å². The van der Waals surface area contributed by atoms with E-state index in [0.717, 1.165) is 21.3 Å². The van der Waals surface area contributed by atoms with Gasteiger partial charge in [0.15, 0.2) is 0 Å².